The molecule has 1 N–H and O–H groups in total. The number of fused-ring (bicyclic) bond motifs is 2. The molecule has 0 radical (unpaired) electrons. The first kappa shape index (κ1) is 5.99. The van der Waals surface area contributed by atoms with Gasteiger partial charge in [0, 0.05) is 0 Å². The summed E-state index contributed by atoms with van der Waals surface area (Å²) in [5.74, 6) is 0. The molecule has 2 bridgehead atoms. The average Bonchev–Trinajstić information content (AvgIpc) is 2.48. The number of rotatable bonds is 1. The van der Waals surface area contributed by atoms with Crippen LogP contribution in [0.15, 0.2) is 0 Å². The Morgan fingerprint density at radius 2 is 2.40 bits per heavy atom. The van der Waals surface area contributed by atoms with Crippen molar-refractivity contribution >= 4 is 0 Å². The molecule has 2 aliphatic heterocycles. The maximum absolute atomic E-state index is 8.34. The van der Waals surface area contributed by atoms with E-state index < -0.39 is 0 Å². The van der Waals surface area contributed by atoms with Crippen molar-refractivity contribution in [2.75, 3.05) is 0 Å². The van der Waals surface area contributed by atoms with Crippen molar-refractivity contribution in [1.82, 2.24) is 5.32 Å². The van der Waals surface area contributed by atoms with E-state index in [9.17, 15) is 0 Å². The van der Waals surface area contributed by atoms with E-state index >= 15 is 0 Å². The molecule has 0 amide bonds. The van der Waals surface area contributed by atoms with E-state index in [1.54, 1.807) is 0 Å². The lowest BCUT2D eigenvalue weighted by atomic mass is 9.96. The van der Waals surface area contributed by atoms with Gasteiger partial charge in [0.05, 0.1) is 18.2 Å². The topological polar surface area (TPSA) is 45.0 Å². The Morgan fingerprint density at radius 3 is 2.90 bits per heavy atom. The number of nitrogens with zero attached hydrogens (tertiary/aromatic N) is 1. The van der Waals surface area contributed by atoms with Crippen LogP contribution in [-0.2, 0) is 4.74 Å². The second kappa shape index (κ2) is 2.14. The van der Waals surface area contributed by atoms with Crippen LogP contribution in [0.4, 0.5) is 0 Å². The monoisotopic (exact) mass is 138 g/mol. The quantitative estimate of drug-likeness (QED) is 0.421. The van der Waals surface area contributed by atoms with E-state index in [2.05, 4.69) is 5.32 Å². The maximum Gasteiger partial charge on any atom is 0.176 e. The highest BCUT2D eigenvalue weighted by atomic mass is 16.5. The molecule has 0 aromatic carbocycles. The number of hydrogen-bond donors (Lipinski definition) is 1. The van der Waals surface area contributed by atoms with Gasteiger partial charge in [0.15, 0.2) is 6.19 Å². The minimum Gasteiger partial charge on any atom is -0.373 e. The van der Waals surface area contributed by atoms with E-state index in [4.69, 9.17) is 10.00 Å². The van der Waals surface area contributed by atoms with Crippen molar-refractivity contribution in [3.63, 3.8) is 0 Å². The lowest BCUT2D eigenvalue weighted by Gasteiger charge is -2.15. The zero-order chi connectivity index (χ0) is 6.97. The molecule has 0 aromatic rings. The van der Waals surface area contributed by atoms with E-state index in [0.717, 1.165) is 12.8 Å². The van der Waals surface area contributed by atoms with Crippen LogP contribution in [0, 0.1) is 11.5 Å². The summed E-state index contributed by atoms with van der Waals surface area (Å²) in [6, 6.07) is 0.309. The summed E-state index contributed by atoms with van der Waals surface area (Å²) in [4.78, 5) is 0. The van der Waals surface area contributed by atoms with Gasteiger partial charge in [-0.1, -0.05) is 0 Å². The summed E-state index contributed by atoms with van der Waals surface area (Å²) in [7, 11) is 0. The molecule has 3 heteroatoms. The Morgan fingerprint density at radius 1 is 1.50 bits per heavy atom. The molecule has 2 rings (SSSR count). The first-order valence-corrected chi connectivity index (χ1v) is 3.70. The summed E-state index contributed by atoms with van der Waals surface area (Å²) >= 11 is 0. The van der Waals surface area contributed by atoms with Crippen LogP contribution in [0.5, 0.6) is 0 Å². The van der Waals surface area contributed by atoms with Crippen molar-refractivity contribution in [2.24, 2.45) is 0 Å². The van der Waals surface area contributed by atoms with Gasteiger partial charge in [-0.05, 0) is 19.3 Å². The standard InChI is InChI=1S/C7H10N2O/c8-4-9-6-3-5-1-2-7(6)10-5/h5-7,9H,1-3H2. The molecule has 0 aromatic heterocycles. The zero-order valence-corrected chi connectivity index (χ0v) is 5.71. The Kier molecular flexibility index (Phi) is 1.28. The predicted molar refractivity (Wildman–Crippen MR) is 35.0 cm³/mol. The van der Waals surface area contributed by atoms with E-state index in [1.165, 1.54) is 6.42 Å². The smallest absolute Gasteiger partial charge is 0.176 e. The normalized spacial score (nSPS) is 43.3. The van der Waals surface area contributed by atoms with Gasteiger partial charge in [-0.15, -0.1) is 0 Å². The van der Waals surface area contributed by atoms with Crippen molar-refractivity contribution < 1.29 is 4.74 Å². The van der Waals surface area contributed by atoms with Crippen LogP contribution < -0.4 is 5.32 Å². The van der Waals surface area contributed by atoms with E-state index in [0.29, 0.717) is 18.2 Å². The number of nitrogens with one attached hydrogen (secondary N) is 1. The van der Waals surface area contributed by atoms with Crippen molar-refractivity contribution in [1.29, 1.82) is 5.26 Å². The summed E-state index contributed by atoms with van der Waals surface area (Å²) in [5.41, 5.74) is 0. The fourth-order valence-corrected chi connectivity index (χ4v) is 1.87. The molecule has 3 atom stereocenters. The molecule has 2 saturated heterocycles. The first-order chi connectivity index (χ1) is 4.90. The molecule has 2 heterocycles. The SMILES string of the molecule is N#CNC1CC2CCC1O2. The van der Waals surface area contributed by atoms with Crippen molar-refractivity contribution in [3.05, 3.63) is 0 Å². The molecule has 10 heavy (non-hydrogen) atoms. The Labute approximate surface area is 60.0 Å². The molecule has 0 spiro atoms. The highest BCUT2D eigenvalue weighted by molar-refractivity contribution is 4.96. The summed E-state index contributed by atoms with van der Waals surface area (Å²) in [6.45, 7) is 0. The molecule has 2 aliphatic rings. The number of nitriles is 1. The summed E-state index contributed by atoms with van der Waals surface area (Å²) in [5, 5.41) is 11.1. The Balaban J connectivity index is 1.97. The third-order valence-electron chi connectivity index (χ3n) is 2.36. The van der Waals surface area contributed by atoms with Crippen molar-refractivity contribution in [2.45, 2.75) is 37.5 Å². The molecular weight excluding hydrogens is 128 g/mol. The Hall–Kier alpha value is -0.750. The predicted octanol–water partition coefficient (Wildman–Crippen LogP) is 0.377. The molecule has 54 valence electrons. The van der Waals surface area contributed by atoms with Gasteiger partial charge in [-0.25, -0.2) is 0 Å². The fraction of sp³-hybridized carbons (Fsp3) is 0.857. The van der Waals surface area contributed by atoms with Gasteiger partial charge in [0.2, 0.25) is 0 Å². The van der Waals surface area contributed by atoms with Gasteiger partial charge < -0.3 is 10.1 Å². The van der Waals surface area contributed by atoms with Gasteiger partial charge in [0.1, 0.15) is 0 Å². The third-order valence-corrected chi connectivity index (χ3v) is 2.36. The lowest BCUT2D eigenvalue weighted by Crippen LogP contribution is -2.34. The number of ether oxygens (including phenoxy) is 1. The molecule has 2 fully saturated rings. The van der Waals surface area contributed by atoms with Crippen molar-refractivity contribution in [3.8, 4) is 6.19 Å². The van der Waals surface area contributed by atoms with Crippen LogP contribution in [0.1, 0.15) is 19.3 Å². The van der Waals surface area contributed by atoms with Gasteiger partial charge in [0.25, 0.3) is 0 Å². The lowest BCUT2D eigenvalue weighted by molar-refractivity contribution is 0.0990. The largest absolute Gasteiger partial charge is 0.373 e. The second-order valence-electron chi connectivity index (χ2n) is 2.97. The minimum atomic E-state index is 0.309. The molecular formula is C7H10N2O. The molecule has 3 nitrogen and oxygen atoms in total. The Bertz CT molecular complexity index is 175. The van der Waals surface area contributed by atoms with Crippen LogP contribution >= 0.6 is 0 Å². The molecule has 0 saturated carbocycles. The fourth-order valence-electron chi connectivity index (χ4n) is 1.87. The van der Waals surface area contributed by atoms with Crippen LogP contribution in [0.2, 0.25) is 0 Å². The second-order valence-corrected chi connectivity index (χ2v) is 2.97. The van der Waals surface area contributed by atoms with Crippen LogP contribution in [0.25, 0.3) is 0 Å². The highest BCUT2D eigenvalue weighted by Crippen LogP contribution is 2.33. The minimum absolute atomic E-state index is 0.309. The summed E-state index contributed by atoms with van der Waals surface area (Å²) in [6.07, 6.45) is 6.07. The van der Waals surface area contributed by atoms with Crippen LogP contribution in [0.3, 0.4) is 0 Å². The van der Waals surface area contributed by atoms with E-state index in [1.807, 2.05) is 6.19 Å². The van der Waals surface area contributed by atoms with Gasteiger partial charge in [-0.2, -0.15) is 5.26 Å². The highest BCUT2D eigenvalue weighted by Gasteiger charge is 2.40. The summed E-state index contributed by atoms with van der Waals surface area (Å²) < 4.78 is 5.52. The maximum atomic E-state index is 8.34. The van der Waals surface area contributed by atoms with Gasteiger partial charge >= 0.3 is 0 Å². The van der Waals surface area contributed by atoms with Crippen LogP contribution in [-0.4, -0.2) is 18.2 Å². The zero-order valence-electron chi connectivity index (χ0n) is 5.71. The first-order valence-electron chi connectivity index (χ1n) is 3.70. The van der Waals surface area contributed by atoms with E-state index in [-0.39, 0.29) is 0 Å². The molecule has 0 aliphatic carbocycles. The average molecular weight is 138 g/mol. The molecule has 3 unspecified atom stereocenters. The van der Waals surface area contributed by atoms with Gasteiger partial charge in [-0.3, -0.25) is 0 Å². The number of hydrogen-bond acceptors (Lipinski definition) is 3. The third kappa shape index (κ3) is 0.764.